The molecule has 0 fully saturated rings. The third-order valence-electron chi connectivity index (χ3n) is 4.48. The molecule has 31 heavy (non-hydrogen) atoms. The molecule has 8 heteroatoms. The second-order valence-corrected chi connectivity index (χ2v) is 10.3. The van der Waals surface area contributed by atoms with Crippen LogP contribution in [-0.2, 0) is 16.4 Å². The van der Waals surface area contributed by atoms with Crippen LogP contribution in [0.4, 0.5) is 4.39 Å². The van der Waals surface area contributed by atoms with Gasteiger partial charge in [0.2, 0.25) is 0 Å². The fourth-order valence-electron chi connectivity index (χ4n) is 3.09. The van der Waals surface area contributed by atoms with Crippen LogP contribution in [0.3, 0.4) is 0 Å². The lowest BCUT2D eigenvalue weighted by atomic mass is 10.1. The van der Waals surface area contributed by atoms with Gasteiger partial charge >= 0.3 is 0 Å². The Bertz CT molecular complexity index is 1340. The maximum atomic E-state index is 13.5. The van der Waals surface area contributed by atoms with Gasteiger partial charge in [0.15, 0.2) is 9.84 Å². The van der Waals surface area contributed by atoms with Crippen LogP contribution in [0.5, 0.6) is 5.75 Å². The molecule has 0 atom stereocenters. The molecule has 0 saturated carbocycles. The molecule has 0 N–H and O–H groups in total. The van der Waals surface area contributed by atoms with Gasteiger partial charge in [-0.3, -0.25) is 0 Å². The molecule has 4 nitrogen and oxygen atoms in total. The second kappa shape index (κ2) is 8.78. The van der Waals surface area contributed by atoms with Crippen LogP contribution in [0.2, 0.25) is 5.02 Å². The van der Waals surface area contributed by atoms with Crippen molar-refractivity contribution in [2.45, 2.75) is 11.5 Å². The molecule has 3 aromatic carbocycles. The van der Waals surface area contributed by atoms with Crippen molar-refractivity contribution in [3.05, 3.63) is 88.6 Å². The average Bonchev–Trinajstić information content (AvgIpc) is 3.16. The molecule has 0 aliphatic carbocycles. The minimum Gasteiger partial charge on any atom is -0.486 e. The van der Waals surface area contributed by atoms with Crippen molar-refractivity contribution in [1.82, 2.24) is 4.98 Å². The van der Waals surface area contributed by atoms with E-state index in [2.05, 4.69) is 0 Å². The number of thiazole rings is 1. The van der Waals surface area contributed by atoms with Crippen molar-refractivity contribution in [3.8, 4) is 27.4 Å². The molecule has 4 rings (SSSR count). The van der Waals surface area contributed by atoms with Crippen LogP contribution in [0, 0.1) is 5.82 Å². The van der Waals surface area contributed by atoms with Crippen molar-refractivity contribution < 1.29 is 17.5 Å². The van der Waals surface area contributed by atoms with E-state index in [4.69, 9.17) is 21.3 Å². The fraction of sp³-hybridized carbons (Fsp3) is 0.0870. The molecule has 0 radical (unpaired) electrons. The van der Waals surface area contributed by atoms with Crippen LogP contribution in [0.1, 0.15) is 5.01 Å². The summed E-state index contributed by atoms with van der Waals surface area (Å²) in [5, 5.41) is 1.21. The third-order valence-corrected chi connectivity index (χ3v) is 6.95. The summed E-state index contributed by atoms with van der Waals surface area (Å²) in [6.45, 7) is 0.181. The molecule has 0 aliphatic heterocycles. The first-order chi connectivity index (χ1) is 14.8. The lowest BCUT2D eigenvalue weighted by molar-refractivity contribution is 0.305. The van der Waals surface area contributed by atoms with Gasteiger partial charge in [0, 0.05) is 16.8 Å². The van der Waals surface area contributed by atoms with Gasteiger partial charge in [-0.1, -0.05) is 48.0 Å². The predicted octanol–water partition coefficient (Wildman–Crippen LogP) is 6.25. The SMILES string of the molecule is CS(=O)(=O)c1ccccc1-c1nc(COc2cccc(Cl)c2)sc1-c1ccc(F)cc1. The molecule has 158 valence electrons. The van der Waals surface area contributed by atoms with E-state index in [-0.39, 0.29) is 17.3 Å². The summed E-state index contributed by atoms with van der Waals surface area (Å²) in [6, 6.07) is 19.8. The normalized spacial score (nSPS) is 11.5. The highest BCUT2D eigenvalue weighted by Gasteiger charge is 2.21. The van der Waals surface area contributed by atoms with Gasteiger partial charge in [-0.25, -0.2) is 17.8 Å². The standard InChI is InChI=1S/C23H17ClFNO3S2/c1-31(27,28)20-8-3-2-7-19(20)22-23(15-9-11-17(25)12-10-15)30-21(26-22)14-29-18-6-4-5-16(24)13-18/h2-13H,14H2,1H3. The summed E-state index contributed by atoms with van der Waals surface area (Å²) in [5.74, 6) is 0.250. The Morgan fingerprint density at radius 2 is 1.77 bits per heavy atom. The van der Waals surface area contributed by atoms with Crippen molar-refractivity contribution in [3.63, 3.8) is 0 Å². The molecule has 0 unspecified atom stereocenters. The number of hydrogen-bond donors (Lipinski definition) is 0. The Balaban J connectivity index is 1.79. The summed E-state index contributed by atoms with van der Waals surface area (Å²) in [4.78, 5) is 5.62. The maximum absolute atomic E-state index is 13.5. The van der Waals surface area contributed by atoms with E-state index in [1.54, 1.807) is 60.7 Å². The zero-order valence-electron chi connectivity index (χ0n) is 16.4. The monoisotopic (exact) mass is 473 g/mol. The Kier molecular flexibility index (Phi) is 6.09. The molecule has 0 aliphatic rings. The molecular weight excluding hydrogens is 457 g/mol. The molecule has 1 heterocycles. The number of aromatic nitrogens is 1. The largest absolute Gasteiger partial charge is 0.486 e. The molecule has 0 bridgehead atoms. The number of halogens is 2. The number of ether oxygens (including phenoxy) is 1. The van der Waals surface area contributed by atoms with E-state index in [0.29, 0.717) is 27.0 Å². The third kappa shape index (κ3) is 4.95. The van der Waals surface area contributed by atoms with Gasteiger partial charge in [0.1, 0.15) is 23.2 Å². The van der Waals surface area contributed by atoms with Gasteiger partial charge in [-0.2, -0.15) is 0 Å². The summed E-state index contributed by atoms with van der Waals surface area (Å²) in [6.07, 6.45) is 1.17. The highest BCUT2D eigenvalue weighted by atomic mass is 35.5. The fourth-order valence-corrected chi connectivity index (χ4v) is 5.16. The first-order valence-electron chi connectivity index (χ1n) is 9.25. The van der Waals surface area contributed by atoms with Crippen molar-refractivity contribution in [1.29, 1.82) is 0 Å². The van der Waals surface area contributed by atoms with Crippen LogP contribution in [0.25, 0.3) is 21.7 Å². The summed E-state index contributed by atoms with van der Waals surface area (Å²) >= 11 is 7.38. The first kappa shape index (κ1) is 21.5. The Labute approximate surface area is 188 Å². The molecule has 0 spiro atoms. The Hall–Kier alpha value is -2.74. The van der Waals surface area contributed by atoms with Crippen LogP contribution in [-0.4, -0.2) is 19.7 Å². The lowest BCUT2D eigenvalue weighted by Gasteiger charge is -2.08. The Morgan fingerprint density at radius 3 is 2.48 bits per heavy atom. The number of rotatable bonds is 6. The van der Waals surface area contributed by atoms with Crippen molar-refractivity contribution in [2.24, 2.45) is 0 Å². The maximum Gasteiger partial charge on any atom is 0.176 e. The summed E-state index contributed by atoms with van der Waals surface area (Å²) in [7, 11) is -3.48. The Morgan fingerprint density at radius 1 is 1.03 bits per heavy atom. The number of nitrogens with zero attached hydrogens (tertiary/aromatic N) is 1. The minimum atomic E-state index is -3.48. The zero-order chi connectivity index (χ0) is 22.0. The van der Waals surface area contributed by atoms with E-state index in [1.165, 1.54) is 29.7 Å². The van der Waals surface area contributed by atoms with Crippen LogP contribution in [0.15, 0.2) is 77.7 Å². The van der Waals surface area contributed by atoms with Gasteiger partial charge in [-0.05, 0) is 42.0 Å². The second-order valence-electron chi connectivity index (χ2n) is 6.81. The van der Waals surface area contributed by atoms with Crippen molar-refractivity contribution in [2.75, 3.05) is 6.26 Å². The van der Waals surface area contributed by atoms with E-state index >= 15 is 0 Å². The molecule has 4 aromatic rings. The lowest BCUT2D eigenvalue weighted by Crippen LogP contribution is -2.00. The highest BCUT2D eigenvalue weighted by Crippen LogP contribution is 2.39. The van der Waals surface area contributed by atoms with Gasteiger partial charge in [0.25, 0.3) is 0 Å². The quantitative estimate of drug-likeness (QED) is 0.332. The number of hydrogen-bond acceptors (Lipinski definition) is 5. The van der Waals surface area contributed by atoms with E-state index < -0.39 is 9.84 Å². The van der Waals surface area contributed by atoms with E-state index in [9.17, 15) is 12.8 Å². The molecule has 0 saturated heterocycles. The topological polar surface area (TPSA) is 56.3 Å². The van der Waals surface area contributed by atoms with Gasteiger partial charge < -0.3 is 4.74 Å². The van der Waals surface area contributed by atoms with E-state index in [0.717, 1.165) is 10.4 Å². The predicted molar refractivity (Wildman–Crippen MR) is 122 cm³/mol. The molecular formula is C23H17ClFNO3S2. The van der Waals surface area contributed by atoms with Gasteiger partial charge in [0.05, 0.1) is 15.5 Å². The summed E-state index contributed by atoms with van der Waals surface area (Å²) < 4.78 is 44.0. The highest BCUT2D eigenvalue weighted by molar-refractivity contribution is 7.90. The van der Waals surface area contributed by atoms with Gasteiger partial charge in [-0.15, -0.1) is 11.3 Å². The first-order valence-corrected chi connectivity index (χ1v) is 12.3. The molecule has 1 aromatic heterocycles. The zero-order valence-corrected chi connectivity index (χ0v) is 18.8. The summed E-state index contributed by atoms with van der Waals surface area (Å²) in [5.41, 5.74) is 1.75. The minimum absolute atomic E-state index is 0.181. The average molecular weight is 474 g/mol. The van der Waals surface area contributed by atoms with Crippen LogP contribution >= 0.6 is 22.9 Å². The van der Waals surface area contributed by atoms with Crippen molar-refractivity contribution >= 4 is 32.8 Å². The van der Waals surface area contributed by atoms with E-state index in [1.807, 2.05) is 0 Å². The molecule has 0 amide bonds. The number of sulfone groups is 1. The number of benzene rings is 3. The smallest absolute Gasteiger partial charge is 0.176 e. The van der Waals surface area contributed by atoms with Crippen LogP contribution < -0.4 is 4.74 Å².